The summed E-state index contributed by atoms with van der Waals surface area (Å²) >= 11 is 1.46. The van der Waals surface area contributed by atoms with Crippen LogP contribution < -0.4 is 15.6 Å². The van der Waals surface area contributed by atoms with Crippen molar-refractivity contribution >= 4 is 23.5 Å². The lowest BCUT2D eigenvalue weighted by Crippen LogP contribution is -2.36. The van der Waals surface area contributed by atoms with E-state index >= 15 is 0 Å². The Morgan fingerprint density at radius 2 is 1.89 bits per heavy atom. The maximum absolute atomic E-state index is 13.3. The number of carbonyl (C=O) groups is 1. The predicted molar refractivity (Wildman–Crippen MR) is 138 cm³/mol. The number of ether oxygens (including phenoxy) is 2. The monoisotopic (exact) mass is 493 g/mol. The minimum Gasteiger partial charge on any atom is -0.493 e. The molecule has 0 bridgehead atoms. The fourth-order valence-corrected chi connectivity index (χ4v) is 6.09. The number of thioether (sulfide) groups is 1. The van der Waals surface area contributed by atoms with Gasteiger partial charge in [0.1, 0.15) is 11.6 Å². The standard InChI is InChI=1S/C27H31N3O4S/c1-27(2)16-19(13-15-34-27)30-25-23(26(32)29-30)24(35-17-22(31)28-25)20-10-6-7-11-21(20)33-14-12-18-8-4-3-5-9-18/h3-11,19,24H,12-17H2,1-2H3,(H,28,31)(H,29,32). The molecule has 35 heavy (non-hydrogen) atoms. The zero-order valence-electron chi connectivity index (χ0n) is 20.1. The minimum atomic E-state index is -0.324. The molecule has 3 heterocycles. The first kappa shape index (κ1) is 23.8. The van der Waals surface area contributed by atoms with E-state index in [0.717, 1.165) is 30.6 Å². The van der Waals surface area contributed by atoms with E-state index in [1.165, 1.54) is 17.3 Å². The average Bonchev–Trinajstić information content (AvgIpc) is 3.05. The molecule has 2 N–H and O–H groups in total. The number of amides is 1. The molecule has 8 heteroatoms. The number of para-hydroxylation sites is 1. The maximum atomic E-state index is 13.3. The van der Waals surface area contributed by atoms with Gasteiger partial charge >= 0.3 is 0 Å². The van der Waals surface area contributed by atoms with Gasteiger partial charge in [-0.3, -0.25) is 19.4 Å². The Balaban J connectivity index is 1.47. The van der Waals surface area contributed by atoms with Crippen LogP contribution in [0.5, 0.6) is 5.75 Å². The van der Waals surface area contributed by atoms with Crippen LogP contribution in [-0.2, 0) is 16.0 Å². The highest BCUT2D eigenvalue weighted by molar-refractivity contribution is 8.00. The first-order chi connectivity index (χ1) is 16.9. The van der Waals surface area contributed by atoms with Crippen molar-refractivity contribution in [1.82, 2.24) is 9.78 Å². The lowest BCUT2D eigenvalue weighted by atomic mass is 9.94. The minimum absolute atomic E-state index is 0.0385. The first-order valence-corrected chi connectivity index (χ1v) is 13.1. The van der Waals surface area contributed by atoms with E-state index < -0.39 is 0 Å². The van der Waals surface area contributed by atoms with Gasteiger partial charge in [-0.25, -0.2) is 0 Å². The molecule has 2 aliphatic heterocycles. The molecule has 184 valence electrons. The summed E-state index contributed by atoms with van der Waals surface area (Å²) in [6.45, 7) is 5.24. The molecule has 1 fully saturated rings. The summed E-state index contributed by atoms with van der Waals surface area (Å²) in [5.41, 5.74) is 2.21. The molecule has 7 nitrogen and oxygen atoms in total. The number of fused-ring (bicyclic) bond motifs is 1. The molecule has 1 aromatic heterocycles. The third-order valence-electron chi connectivity index (χ3n) is 6.59. The van der Waals surface area contributed by atoms with Crippen LogP contribution in [0.2, 0.25) is 0 Å². The van der Waals surface area contributed by atoms with Crippen LogP contribution in [0.3, 0.4) is 0 Å². The molecule has 1 amide bonds. The number of H-pyrrole nitrogens is 1. The second-order valence-corrected chi connectivity index (χ2v) is 10.8. The molecule has 3 aromatic rings. The van der Waals surface area contributed by atoms with Gasteiger partial charge in [-0.15, -0.1) is 11.8 Å². The molecule has 1 saturated heterocycles. The summed E-state index contributed by atoms with van der Waals surface area (Å²) in [5, 5.41) is 5.72. The topological polar surface area (TPSA) is 85.4 Å². The molecule has 2 aromatic carbocycles. The van der Waals surface area contributed by atoms with Crippen LogP contribution in [0.25, 0.3) is 0 Å². The Bertz CT molecular complexity index is 1250. The molecule has 2 atom stereocenters. The van der Waals surface area contributed by atoms with Crippen molar-refractivity contribution < 1.29 is 14.3 Å². The van der Waals surface area contributed by atoms with Crippen molar-refractivity contribution in [1.29, 1.82) is 0 Å². The van der Waals surface area contributed by atoms with Gasteiger partial charge in [0.15, 0.2) is 0 Å². The van der Waals surface area contributed by atoms with Crippen molar-refractivity contribution in [3.63, 3.8) is 0 Å². The fraction of sp³-hybridized carbons (Fsp3) is 0.407. The van der Waals surface area contributed by atoms with Gasteiger partial charge in [-0.1, -0.05) is 48.5 Å². The van der Waals surface area contributed by atoms with Gasteiger partial charge in [0.05, 0.1) is 34.8 Å². The summed E-state index contributed by atoms with van der Waals surface area (Å²) < 4.78 is 13.9. The SMILES string of the molecule is CC1(C)CC(n2[nH]c(=O)c3c2NC(=O)CSC3c2ccccc2OCCc2ccccc2)CCO1. The molecular formula is C27H31N3O4S. The van der Waals surface area contributed by atoms with E-state index in [-0.39, 0.29) is 34.1 Å². The Kier molecular flexibility index (Phi) is 6.75. The van der Waals surface area contributed by atoms with Crippen LogP contribution in [-0.4, -0.2) is 40.3 Å². The number of carbonyl (C=O) groups excluding carboxylic acids is 1. The molecular weight excluding hydrogens is 462 g/mol. The van der Waals surface area contributed by atoms with Gasteiger partial charge in [0, 0.05) is 18.6 Å². The molecule has 0 spiro atoms. The number of aromatic amines is 1. The van der Waals surface area contributed by atoms with Gasteiger partial charge < -0.3 is 14.8 Å². The zero-order chi connectivity index (χ0) is 24.4. The summed E-state index contributed by atoms with van der Waals surface area (Å²) in [7, 11) is 0. The van der Waals surface area contributed by atoms with Gasteiger partial charge in [0.2, 0.25) is 5.91 Å². The van der Waals surface area contributed by atoms with Crippen molar-refractivity contribution in [2.24, 2.45) is 0 Å². The zero-order valence-corrected chi connectivity index (χ0v) is 20.9. The normalized spacial score (nSPS) is 21.6. The van der Waals surface area contributed by atoms with Crippen molar-refractivity contribution in [2.45, 2.75) is 50.0 Å². The van der Waals surface area contributed by atoms with E-state index in [4.69, 9.17) is 9.47 Å². The van der Waals surface area contributed by atoms with Crippen molar-refractivity contribution in [3.8, 4) is 5.75 Å². The van der Waals surface area contributed by atoms with Crippen molar-refractivity contribution in [2.75, 3.05) is 24.3 Å². The molecule has 2 aliphatic rings. The number of nitrogens with one attached hydrogen (secondary N) is 2. The molecule has 2 unspecified atom stereocenters. The highest BCUT2D eigenvalue weighted by Gasteiger charge is 2.36. The van der Waals surface area contributed by atoms with Crippen LogP contribution in [0.1, 0.15) is 54.7 Å². The van der Waals surface area contributed by atoms with Crippen molar-refractivity contribution in [3.05, 3.63) is 81.6 Å². The van der Waals surface area contributed by atoms with E-state index in [2.05, 4.69) is 36.4 Å². The summed E-state index contributed by atoms with van der Waals surface area (Å²) in [5.74, 6) is 1.45. The van der Waals surface area contributed by atoms with Crippen LogP contribution >= 0.6 is 11.8 Å². The largest absolute Gasteiger partial charge is 0.493 e. The van der Waals surface area contributed by atoms with Gasteiger partial charge in [-0.2, -0.15) is 0 Å². The fourth-order valence-electron chi connectivity index (χ4n) is 4.94. The number of benzene rings is 2. The summed E-state index contributed by atoms with van der Waals surface area (Å²) in [6, 6.07) is 18.1. The smallest absolute Gasteiger partial charge is 0.270 e. The second-order valence-electron chi connectivity index (χ2n) is 9.69. The first-order valence-electron chi connectivity index (χ1n) is 12.1. The molecule has 0 saturated carbocycles. The van der Waals surface area contributed by atoms with Crippen LogP contribution in [0.15, 0.2) is 59.4 Å². The number of hydrogen-bond donors (Lipinski definition) is 2. The number of rotatable bonds is 6. The van der Waals surface area contributed by atoms with E-state index in [1.807, 2.05) is 47.1 Å². The Labute approximate surface area is 209 Å². The highest BCUT2D eigenvalue weighted by Crippen LogP contribution is 2.44. The maximum Gasteiger partial charge on any atom is 0.270 e. The van der Waals surface area contributed by atoms with Gasteiger partial charge in [-0.05, 0) is 38.3 Å². The lowest BCUT2D eigenvalue weighted by Gasteiger charge is -2.36. The summed E-state index contributed by atoms with van der Waals surface area (Å²) in [4.78, 5) is 26.0. The molecule has 0 aliphatic carbocycles. The summed E-state index contributed by atoms with van der Waals surface area (Å²) in [6.07, 6.45) is 2.30. The number of nitrogens with zero attached hydrogens (tertiary/aromatic N) is 1. The molecule has 5 rings (SSSR count). The number of anilines is 1. The van der Waals surface area contributed by atoms with E-state index in [9.17, 15) is 9.59 Å². The van der Waals surface area contributed by atoms with E-state index in [1.54, 1.807) is 0 Å². The van der Waals surface area contributed by atoms with E-state index in [0.29, 0.717) is 24.6 Å². The quantitative estimate of drug-likeness (QED) is 0.520. The molecule has 0 radical (unpaired) electrons. The van der Waals surface area contributed by atoms with Crippen LogP contribution in [0.4, 0.5) is 5.82 Å². The predicted octanol–water partition coefficient (Wildman–Crippen LogP) is 4.70. The van der Waals surface area contributed by atoms with Crippen LogP contribution in [0, 0.1) is 0 Å². The van der Waals surface area contributed by atoms with Gasteiger partial charge in [0.25, 0.3) is 5.56 Å². The second kappa shape index (κ2) is 9.95. The Hall–Kier alpha value is -2.97. The Morgan fingerprint density at radius 1 is 1.11 bits per heavy atom. The number of hydrogen-bond acceptors (Lipinski definition) is 5. The highest BCUT2D eigenvalue weighted by atomic mass is 32.2. The third-order valence-corrected chi connectivity index (χ3v) is 7.84. The third kappa shape index (κ3) is 5.18. The number of aromatic nitrogens is 2. The Morgan fingerprint density at radius 3 is 2.69 bits per heavy atom. The average molecular weight is 494 g/mol. The lowest BCUT2D eigenvalue weighted by molar-refractivity contribution is -0.113.